The predicted molar refractivity (Wildman–Crippen MR) is 111 cm³/mol. The number of sulfonamides is 1. The van der Waals surface area contributed by atoms with Gasteiger partial charge in [-0.3, -0.25) is 9.52 Å². The molecular weight excluding hydrogens is 372 g/mol. The molecule has 0 radical (unpaired) electrons. The van der Waals surface area contributed by atoms with Crippen molar-refractivity contribution in [3.05, 3.63) is 95.6 Å². The molecule has 3 aromatic rings. The molecule has 0 unspecified atom stereocenters. The fraction of sp³-hybridized carbons (Fsp3) is 0.136. The van der Waals surface area contributed by atoms with E-state index in [-0.39, 0.29) is 16.8 Å². The van der Waals surface area contributed by atoms with Crippen molar-refractivity contribution in [1.29, 1.82) is 0 Å². The molecule has 0 spiro atoms. The molecule has 0 heterocycles. The van der Waals surface area contributed by atoms with E-state index < -0.39 is 10.0 Å². The van der Waals surface area contributed by atoms with Crippen LogP contribution in [0.15, 0.2) is 83.8 Å². The van der Waals surface area contributed by atoms with Crippen molar-refractivity contribution in [2.24, 2.45) is 0 Å². The number of aryl methyl sites for hydroxylation is 1. The first-order valence-electron chi connectivity index (χ1n) is 8.91. The summed E-state index contributed by atoms with van der Waals surface area (Å²) in [6.07, 6.45) is 0. The minimum atomic E-state index is -3.81. The molecule has 5 nitrogen and oxygen atoms in total. The Bertz CT molecular complexity index is 1070. The van der Waals surface area contributed by atoms with Crippen LogP contribution in [0.25, 0.3) is 0 Å². The molecule has 0 bridgehead atoms. The highest BCUT2D eigenvalue weighted by Crippen LogP contribution is 2.21. The topological polar surface area (TPSA) is 75.3 Å². The summed E-state index contributed by atoms with van der Waals surface area (Å²) in [5.74, 6) is -0.326. The SMILES string of the molecule is Cc1ccc(C(=O)N[C@H](C)c2ccccc2)cc1S(=O)(=O)Nc1ccccc1. The first kappa shape index (κ1) is 19.6. The molecule has 2 N–H and O–H groups in total. The van der Waals surface area contributed by atoms with Gasteiger partial charge in [0.05, 0.1) is 10.9 Å². The van der Waals surface area contributed by atoms with Crippen LogP contribution in [0.5, 0.6) is 0 Å². The summed E-state index contributed by atoms with van der Waals surface area (Å²) in [7, 11) is -3.81. The van der Waals surface area contributed by atoms with E-state index in [1.807, 2.05) is 43.3 Å². The van der Waals surface area contributed by atoms with Crippen molar-refractivity contribution in [3.8, 4) is 0 Å². The van der Waals surface area contributed by atoms with Gasteiger partial charge in [-0.15, -0.1) is 0 Å². The van der Waals surface area contributed by atoms with Gasteiger partial charge in [-0.1, -0.05) is 54.6 Å². The van der Waals surface area contributed by atoms with Gasteiger partial charge in [0.1, 0.15) is 0 Å². The lowest BCUT2D eigenvalue weighted by molar-refractivity contribution is 0.0939. The van der Waals surface area contributed by atoms with E-state index in [2.05, 4.69) is 10.0 Å². The lowest BCUT2D eigenvalue weighted by Gasteiger charge is -2.16. The van der Waals surface area contributed by atoms with E-state index in [1.165, 1.54) is 6.07 Å². The van der Waals surface area contributed by atoms with Crippen molar-refractivity contribution >= 4 is 21.6 Å². The van der Waals surface area contributed by atoms with E-state index in [0.717, 1.165) is 5.56 Å². The molecule has 0 saturated heterocycles. The van der Waals surface area contributed by atoms with Crippen LogP contribution in [0.4, 0.5) is 5.69 Å². The Morgan fingerprint density at radius 2 is 1.50 bits per heavy atom. The summed E-state index contributed by atoms with van der Waals surface area (Å²) in [6, 6.07) is 22.7. The number of carbonyl (C=O) groups is 1. The summed E-state index contributed by atoms with van der Waals surface area (Å²) in [5.41, 5.74) is 2.30. The Balaban J connectivity index is 1.83. The number of benzene rings is 3. The standard InChI is InChI=1S/C22H22N2O3S/c1-16-13-14-19(22(25)23-17(2)18-9-5-3-6-10-18)15-21(16)28(26,27)24-20-11-7-4-8-12-20/h3-15,17,24H,1-2H3,(H,23,25)/t17-/m1/s1. The number of rotatable bonds is 6. The molecule has 0 saturated carbocycles. The van der Waals surface area contributed by atoms with Crippen LogP contribution >= 0.6 is 0 Å². The summed E-state index contributed by atoms with van der Waals surface area (Å²) < 4.78 is 28.1. The van der Waals surface area contributed by atoms with Crippen LogP contribution in [-0.2, 0) is 10.0 Å². The number of hydrogen-bond donors (Lipinski definition) is 2. The van der Waals surface area contributed by atoms with Crippen molar-refractivity contribution in [1.82, 2.24) is 5.32 Å². The van der Waals surface area contributed by atoms with Gasteiger partial charge < -0.3 is 5.32 Å². The lowest BCUT2D eigenvalue weighted by atomic mass is 10.1. The third-order valence-electron chi connectivity index (χ3n) is 4.41. The molecule has 28 heavy (non-hydrogen) atoms. The molecule has 0 aliphatic heterocycles. The van der Waals surface area contributed by atoms with E-state index in [9.17, 15) is 13.2 Å². The van der Waals surface area contributed by atoms with Crippen molar-refractivity contribution in [2.75, 3.05) is 4.72 Å². The summed E-state index contributed by atoms with van der Waals surface area (Å²) in [6.45, 7) is 3.59. The molecule has 0 aliphatic rings. The van der Waals surface area contributed by atoms with Gasteiger partial charge in [0.2, 0.25) is 0 Å². The Morgan fingerprint density at radius 3 is 2.14 bits per heavy atom. The molecule has 0 aliphatic carbocycles. The highest BCUT2D eigenvalue weighted by atomic mass is 32.2. The van der Waals surface area contributed by atoms with Crippen LogP contribution in [0.3, 0.4) is 0 Å². The minimum absolute atomic E-state index is 0.0800. The van der Waals surface area contributed by atoms with E-state index in [4.69, 9.17) is 0 Å². The number of nitrogens with one attached hydrogen (secondary N) is 2. The Kier molecular flexibility index (Phi) is 5.80. The molecule has 1 atom stereocenters. The average molecular weight is 394 g/mol. The summed E-state index contributed by atoms with van der Waals surface area (Å²) in [4.78, 5) is 12.7. The Labute approximate surface area is 165 Å². The maximum atomic E-state index is 12.8. The average Bonchev–Trinajstić information content (AvgIpc) is 2.69. The van der Waals surface area contributed by atoms with E-state index >= 15 is 0 Å². The largest absolute Gasteiger partial charge is 0.346 e. The van der Waals surface area contributed by atoms with Gasteiger partial charge >= 0.3 is 0 Å². The van der Waals surface area contributed by atoms with Crippen LogP contribution < -0.4 is 10.0 Å². The molecule has 3 rings (SSSR count). The predicted octanol–water partition coefficient (Wildman–Crippen LogP) is 4.29. The normalized spacial score (nSPS) is 12.2. The molecular formula is C22H22N2O3S. The molecule has 0 fully saturated rings. The van der Waals surface area contributed by atoms with Gasteiger partial charge in [-0.25, -0.2) is 8.42 Å². The second-order valence-electron chi connectivity index (χ2n) is 6.56. The van der Waals surface area contributed by atoms with Crippen molar-refractivity contribution in [3.63, 3.8) is 0 Å². The first-order valence-corrected chi connectivity index (χ1v) is 10.4. The molecule has 3 aromatic carbocycles. The Hall–Kier alpha value is -3.12. The zero-order chi connectivity index (χ0) is 20.1. The minimum Gasteiger partial charge on any atom is -0.346 e. The second kappa shape index (κ2) is 8.27. The fourth-order valence-electron chi connectivity index (χ4n) is 2.85. The fourth-order valence-corrected chi connectivity index (χ4v) is 4.18. The highest BCUT2D eigenvalue weighted by molar-refractivity contribution is 7.92. The monoisotopic (exact) mass is 394 g/mol. The summed E-state index contributed by atoms with van der Waals surface area (Å²) >= 11 is 0. The highest BCUT2D eigenvalue weighted by Gasteiger charge is 2.20. The van der Waals surface area contributed by atoms with Gasteiger partial charge in [0, 0.05) is 11.3 Å². The number of anilines is 1. The lowest BCUT2D eigenvalue weighted by Crippen LogP contribution is -2.27. The van der Waals surface area contributed by atoms with Crippen LogP contribution in [0, 0.1) is 6.92 Å². The number of carbonyl (C=O) groups excluding carboxylic acids is 1. The maximum absolute atomic E-state index is 12.8. The number of amides is 1. The molecule has 0 aromatic heterocycles. The van der Waals surface area contributed by atoms with Gasteiger partial charge in [0.25, 0.3) is 15.9 Å². The van der Waals surface area contributed by atoms with E-state index in [0.29, 0.717) is 16.8 Å². The zero-order valence-electron chi connectivity index (χ0n) is 15.7. The molecule has 144 valence electrons. The quantitative estimate of drug-likeness (QED) is 0.655. The van der Waals surface area contributed by atoms with Gasteiger partial charge in [0.15, 0.2) is 0 Å². The molecule has 6 heteroatoms. The third-order valence-corrected chi connectivity index (χ3v) is 5.94. The zero-order valence-corrected chi connectivity index (χ0v) is 16.5. The van der Waals surface area contributed by atoms with E-state index in [1.54, 1.807) is 43.3 Å². The second-order valence-corrected chi connectivity index (χ2v) is 8.21. The van der Waals surface area contributed by atoms with Crippen LogP contribution in [0.1, 0.15) is 34.5 Å². The maximum Gasteiger partial charge on any atom is 0.262 e. The molecule has 1 amide bonds. The van der Waals surface area contributed by atoms with Gasteiger partial charge in [-0.05, 0) is 49.2 Å². The van der Waals surface area contributed by atoms with Crippen LogP contribution in [-0.4, -0.2) is 14.3 Å². The van der Waals surface area contributed by atoms with Crippen molar-refractivity contribution in [2.45, 2.75) is 24.8 Å². The van der Waals surface area contributed by atoms with Crippen LogP contribution in [0.2, 0.25) is 0 Å². The van der Waals surface area contributed by atoms with Gasteiger partial charge in [-0.2, -0.15) is 0 Å². The summed E-state index contributed by atoms with van der Waals surface area (Å²) in [5, 5.41) is 2.91. The van der Waals surface area contributed by atoms with Crippen molar-refractivity contribution < 1.29 is 13.2 Å². The number of hydrogen-bond acceptors (Lipinski definition) is 3. The first-order chi connectivity index (χ1) is 13.4. The Morgan fingerprint density at radius 1 is 0.893 bits per heavy atom. The smallest absolute Gasteiger partial charge is 0.262 e. The number of para-hydroxylation sites is 1. The third kappa shape index (κ3) is 4.58.